The molecule has 0 aromatic heterocycles. The van der Waals surface area contributed by atoms with Gasteiger partial charge in [-0.3, -0.25) is 0 Å². The number of rotatable bonds is 1. The van der Waals surface area contributed by atoms with Gasteiger partial charge in [-0.05, 0) is 11.8 Å². The molecule has 0 atom stereocenters. The fourth-order valence-electron chi connectivity index (χ4n) is 1.98. The zero-order chi connectivity index (χ0) is 7.40. The Bertz CT molecular complexity index is 76.0. The number of hydrogen-bond donors (Lipinski definition) is 0. The Labute approximate surface area is 72.4 Å². The topological polar surface area (TPSA) is 0 Å². The van der Waals surface area contributed by atoms with E-state index in [9.17, 15) is 0 Å². The summed E-state index contributed by atoms with van der Waals surface area (Å²) in [5.41, 5.74) is 0. The van der Waals surface area contributed by atoms with Crippen molar-refractivity contribution < 1.29 is 0 Å². The molecular formula is C11H24. The molecule has 0 aromatic carbocycles. The van der Waals surface area contributed by atoms with Gasteiger partial charge in [-0.15, -0.1) is 0 Å². The minimum absolute atomic E-state index is 0. The Morgan fingerprint density at radius 1 is 0.909 bits per heavy atom. The van der Waals surface area contributed by atoms with Crippen LogP contribution in [0.3, 0.4) is 0 Å². The van der Waals surface area contributed by atoms with Crippen molar-refractivity contribution in [3.05, 3.63) is 0 Å². The second-order valence-corrected chi connectivity index (χ2v) is 4.00. The number of hydrogen-bond acceptors (Lipinski definition) is 0. The SMILES string of the molecule is C.CC(C)C1CCCCCC1. The van der Waals surface area contributed by atoms with E-state index in [2.05, 4.69) is 13.8 Å². The molecule has 0 spiro atoms. The molecule has 1 rings (SSSR count). The maximum atomic E-state index is 2.37. The summed E-state index contributed by atoms with van der Waals surface area (Å²) in [6.45, 7) is 4.74. The van der Waals surface area contributed by atoms with Crippen LogP contribution in [0.5, 0.6) is 0 Å². The van der Waals surface area contributed by atoms with Gasteiger partial charge in [0.2, 0.25) is 0 Å². The summed E-state index contributed by atoms with van der Waals surface area (Å²) in [6, 6.07) is 0. The van der Waals surface area contributed by atoms with Crippen LogP contribution in [0.25, 0.3) is 0 Å². The molecule has 0 aromatic rings. The zero-order valence-corrected chi connectivity index (χ0v) is 7.40. The fourth-order valence-corrected chi connectivity index (χ4v) is 1.98. The van der Waals surface area contributed by atoms with Crippen LogP contribution >= 0.6 is 0 Å². The summed E-state index contributed by atoms with van der Waals surface area (Å²) in [5, 5.41) is 0. The quantitative estimate of drug-likeness (QED) is 0.498. The van der Waals surface area contributed by atoms with Gasteiger partial charge in [-0.25, -0.2) is 0 Å². The summed E-state index contributed by atoms with van der Waals surface area (Å²) in [5.74, 6) is 1.97. The first-order valence-electron chi connectivity index (χ1n) is 4.80. The predicted octanol–water partition coefficient (Wildman–Crippen LogP) is 4.25. The normalized spacial score (nSPS) is 21.0. The van der Waals surface area contributed by atoms with E-state index in [0.29, 0.717) is 0 Å². The molecule has 0 saturated heterocycles. The molecule has 1 aliphatic rings. The Kier molecular flexibility index (Phi) is 5.62. The third-order valence-electron chi connectivity index (χ3n) is 2.84. The second-order valence-electron chi connectivity index (χ2n) is 4.00. The van der Waals surface area contributed by atoms with E-state index in [1.54, 1.807) is 0 Å². The van der Waals surface area contributed by atoms with Crippen molar-refractivity contribution in [3.63, 3.8) is 0 Å². The molecule has 0 amide bonds. The smallest absolute Gasteiger partial charge is 0.0391 e. The molecule has 68 valence electrons. The lowest BCUT2D eigenvalue weighted by molar-refractivity contribution is 0.342. The van der Waals surface area contributed by atoms with Gasteiger partial charge in [0.15, 0.2) is 0 Å². The Morgan fingerprint density at radius 3 is 1.73 bits per heavy atom. The van der Waals surface area contributed by atoms with E-state index in [1.807, 2.05) is 0 Å². The minimum atomic E-state index is 0. The lowest BCUT2D eigenvalue weighted by Crippen LogP contribution is -2.06. The highest BCUT2D eigenvalue weighted by molar-refractivity contribution is 4.66. The molecule has 11 heavy (non-hydrogen) atoms. The van der Waals surface area contributed by atoms with E-state index in [1.165, 1.54) is 38.5 Å². The third-order valence-corrected chi connectivity index (χ3v) is 2.84. The van der Waals surface area contributed by atoms with Crippen LogP contribution in [0.4, 0.5) is 0 Å². The van der Waals surface area contributed by atoms with E-state index < -0.39 is 0 Å². The van der Waals surface area contributed by atoms with Crippen molar-refractivity contribution in [1.82, 2.24) is 0 Å². The Hall–Kier alpha value is 0. The molecule has 0 aliphatic heterocycles. The van der Waals surface area contributed by atoms with Crippen LogP contribution in [0.1, 0.15) is 59.8 Å². The largest absolute Gasteiger partial charge is 0.0776 e. The average Bonchev–Trinajstić information content (AvgIpc) is 2.12. The third kappa shape index (κ3) is 3.79. The van der Waals surface area contributed by atoms with Gasteiger partial charge >= 0.3 is 0 Å². The average molecular weight is 156 g/mol. The van der Waals surface area contributed by atoms with E-state index >= 15 is 0 Å². The van der Waals surface area contributed by atoms with E-state index in [0.717, 1.165) is 11.8 Å². The highest BCUT2D eigenvalue weighted by Gasteiger charge is 2.14. The Morgan fingerprint density at radius 2 is 1.36 bits per heavy atom. The van der Waals surface area contributed by atoms with Crippen molar-refractivity contribution >= 4 is 0 Å². The molecule has 0 bridgehead atoms. The minimum Gasteiger partial charge on any atom is -0.0776 e. The zero-order valence-electron chi connectivity index (χ0n) is 7.40. The summed E-state index contributed by atoms with van der Waals surface area (Å²) in [6.07, 6.45) is 8.95. The van der Waals surface area contributed by atoms with Gasteiger partial charge in [0, 0.05) is 0 Å². The maximum Gasteiger partial charge on any atom is -0.0391 e. The van der Waals surface area contributed by atoms with Crippen LogP contribution in [-0.2, 0) is 0 Å². The van der Waals surface area contributed by atoms with Crippen LogP contribution in [0.15, 0.2) is 0 Å². The van der Waals surface area contributed by atoms with Gasteiger partial charge in [0.05, 0.1) is 0 Å². The molecule has 1 aliphatic carbocycles. The van der Waals surface area contributed by atoms with Gasteiger partial charge in [-0.1, -0.05) is 59.8 Å². The standard InChI is InChI=1S/C10H20.CH4/c1-9(2)10-7-5-3-4-6-8-10;/h9-10H,3-8H2,1-2H3;1H4. The van der Waals surface area contributed by atoms with E-state index in [4.69, 9.17) is 0 Å². The molecule has 0 radical (unpaired) electrons. The molecular weight excluding hydrogens is 132 g/mol. The van der Waals surface area contributed by atoms with E-state index in [-0.39, 0.29) is 7.43 Å². The highest BCUT2D eigenvalue weighted by Crippen LogP contribution is 2.28. The maximum absolute atomic E-state index is 2.37. The molecule has 0 heteroatoms. The van der Waals surface area contributed by atoms with Crippen LogP contribution in [0, 0.1) is 11.8 Å². The van der Waals surface area contributed by atoms with Crippen LogP contribution < -0.4 is 0 Å². The summed E-state index contributed by atoms with van der Waals surface area (Å²) >= 11 is 0. The van der Waals surface area contributed by atoms with Gasteiger partial charge < -0.3 is 0 Å². The summed E-state index contributed by atoms with van der Waals surface area (Å²) in [4.78, 5) is 0. The van der Waals surface area contributed by atoms with Gasteiger partial charge in [-0.2, -0.15) is 0 Å². The lowest BCUT2D eigenvalue weighted by Gasteiger charge is -2.17. The lowest BCUT2D eigenvalue weighted by atomic mass is 9.89. The first-order chi connectivity index (χ1) is 4.80. The summed E-state index contributed by atoms with van der Waals surface area (Å²) < 4.78 is 0. The van der Waals surface area contributed by atoms with Crippen molar-refractivity contribution in [3.8, 4) is 0 Å². The van der Waals surface area contributed by atoms with Crippen molar-refractivity contribution in [2.75, 3.05) is 0 Å². The van der Waals surface area contributed by atoms with Crippen LogP contribution in [-0.4, -0.2) is 0 Å². The Balaban J connectivity index is 0.000001000. The first-order valence-corrected chi connectivity index (χ1v) is 4.80. The first kappa shape index (κ1) is 11.0. The monoisotopic (exact) mass is 156 g/mol. The molecule has 0 nitrogen and oxygen atoms in total. The van der Waals surface area contributed by atoms with Crippen molar-refractivity contribution in [2.24, 2.45) is 11.8 Å². The van der Waals surface area contributed by atoms with Gasteiger partial charge in [0.25, 0.3) is 0 Å². The molecule has 1 fully saturated rings. The molecule has 0 unspecified atom stereocenters. The van der Waals surface area contributed by atoms with Crippen molar-refractivity contribution in [2.45, 2.75) is 59.8 Å². The predicted molar refractivity (Wildman–Crippen MR) is 52.8 cm³/mol. The molecule has 0 heterocycles. The van der Waals surface area contributed by atoms with Gasteiger partial charge in [0.1, 0.15) is 0 Å². The summed E-state index contributed by atoms with van der Waals surface area (Å²) in [7, 11) is 0. The van der Waals surface area contributed by atoms with Crippen molar-refractivity contribution in [1.29, 1.82) is 0 Å². The highest BCUT2D eigenvalue weighted by atomic mass is 14.2. The second kappa shape index (κ2) is 5.62. The molecule has 0 N–H and O–H groups in total. The molecule has 1 saturated carbocycles. The fraction of sp³-hybridized carbons (Fsp3) is 1.00. The van der Waals surface area contributed by atoms with Crippen LogP contribution in [0.2, 0.25) is 0 Å².